The lowest BCUT2D eigenvalue weighted by Crippen LogP contribution is -2.50. The van der Waals surface area contributed by atoms with Crippen molar-refractivity contribution in [2.24, 2.45) is 5.92 Å². The van der Waals surface area contributed by atoms with E-state index in [0.29, 0.717) is 17.7 Å². The molecule has 0 spiro atoms. The summed E-state index contributed by atoms with van der Waals surface area (Å²) < 4.78 is 41.1. The van der Waals surface area contributed by atoms with Crippen molar-refractivity contribution < 1.29 is 12.8 Å². The average molecular weight is 337 g/mol. The number of hydrogen-bond acceptors (Lipinski definition) is 3. The number of nitrogens with one attached hydrogen (secondary N) is 2. The molecule has 2 N–H and O–H groups in total. The lowest BCUT2D eigenvalue weighted by molar-refractivity contribution is 0.327. The first kappa shape index (κ1) is 18.4. The third kappa shape index (κ3) is 4.16. The van der Waals surface area contributed by atoms with Crippen LogP contribution in [0.4, 0.5) is 4.39 Å². The Bertz CT molecular complexity index is 584. The Morgan fingerprint density at radius 2 is 1.86 bits per heavy atom. The van der Waals surface area contributed by atoms with Gasteiger partial charge in [-0.05, 0) is 56.0 Å². The molecule has 0 aromatic heterocycles. The number of hydrogen-bond donors (Lipinski definition) is 2. The Hall–Kier alpha value is -0.690. The topological polar surface area (TPSA) is 58.2 Å². The minimum absolute atomic E-state index is 0. The van der Waals surface area contributed by atoms with Crippen molar-refractivity contribution in [1.29, 1.82) is 0 Å². The fraction of sp³-hybridized carbons (Fsp3) is 0.571. The number of halogens is 2. The molecular weight excluding hydrogens is 315 g/mol. The maximum atomic E-state index is 13.6. The Kier molecular flexibility index (Phi) is 6.16. The second kappa shape index (κ2) is 7.05. The van der Waals surface area contributed by atoms with E-state index in [1.54, 1.807) is 13.8 Å². The molecule has 0 aliphatic carbocycles. The van der Waals surface area contributed by atoms with E-state index in [1.807, 2.05) is 6.92 Å². The van der Waals surface area contributed by atoms with Gasteiger partial charge in [-0.3, -0.25) is 0 Å². The number of sulfonamides is 1. The molecule has 21 heavy (non-hydrogen) atoms. The lowest BCUT2D eigenvalue weighted by atomic mass is 9.96. The second-order valence-corrected chi connectivity index (χ2v) is 7.28. The van der Waals surface area contributed by atoms with Crippen LogP contribution in [0.2, 0.25) is 0 Å². The van der Waals surface area contributed by atoms with Crippen LogP contribution < -0.4 is 10.0 Å². The van der Waals surface area contributed by atoms with Gasteiger partial charge in [-0.15, -0.1) is 12.4 Å². The van der Waals surface area contributed by atoms with Crippen LogP contribution in [0, 0.1) is 25.6 Å². The molecule has 0 amide bonds. The molecule has 2 unspecified atom stereocenters. The van der Waals surface area contributed by atoms with Crippen molar-refractivity contribution >= 4 is 22.4 Å². The summed E-state index contributed by atoms with van der Waals surface area (Å²) in [7, 11) is -3.61. The summed E-state index contributed by atoms with van der Waals surface area (Å²) in [5, 5.41) is 3.18. The molecule has 1 aromatic rings. The van der Waals surface area contributed by atoms with E-state index in [4.69, 9.17) is 0 Å². The van der Waals surface area contributed by atoms with E-state index < -0.39 is 10.0 Å². The third-order valence-electron chi connectivity index (χ3n) is 3.85. The molecule has 1 heterocycles. The Balaban J connectivity index is 0.00000220. The molecule has 0 saturated carbocycles. The quantitative estimate of drug-likeness (QED) is 0.889. The summed E-state index contributed by atoms with van der Waals surface area (Å²) in [6, 6.07) is 2.64. The standard InChI is InChI=1S/C14H21FN2O2S.ClH/c1-9-4-5-16-8-13(9)17-20(18,19)12-6-10(2)14(15)11(3)7-12;/h6-7,9,13,16-17H,4-5,8H2,1-3H3;1H. The summed E-state index contributed by atoms with van der Waals surface area (Å²) in [5.74, 6) is -0.0645. The SMILES string of the molecule is Cc1cc(S(=O)(=O)NC2CNCCC2C)cc(C)c1F.Cl. The Labute approximate surface area is 132 Å². The first-order chi connectivity index (χ1) is 9.31. The minimum atomic E-state index is -3.61. The van der Waals surface area contributed by atoms with Crippen LogP contribution in [0.15, 0.2) is 17.0 Å². The molecule has 4 nitrogen and oxygen atoms in total. The highest BCUT2D eigenvalue weighted by Gasteiger charge is 2.27. The lowest BCUT2D eigenvalue weighted by Gasteiger charge is -2.30. The van der Waals surface area contributed by atoms with Crippen molar-refractivity contribution in [2.75, 3.05) is 13.1 Å². The minimum Gasteiger partial charge on any atom is -0.315 e. The number of benzene rings is 1. The first-order valence-corrected chi connectivity index (χ1v) is 8.29. The summed E-state index contributed by atoms with van der Waals surface area (Å²) in [6.07, 6.45) is 0.939. The summed E-state index contributed by atoms with van der Waals surface area (Å²) in [4.78, 5) is 0.131. The van der Waals surface area contributed by atoms with E-state index in [2.05, 4.69) is 10.0 Å². The van der Waals surface area contributed by atoms with E-state index in [0.717, 1.165) is 13.0 Å². The zero-order valence-electron chi connectivity index (χ0n) is 12.4. The molecule has 7 heteroatoms. The number of aryl methyl sites for hydroxylation is 2. The molecule has 0 radical (unpaired) electrons. The fourth-order valence-corrected chi connectivity index (χ4v) is 3.99. The predicted octanol–water partition coefficient (Wildman–Crippen LogP) is 2.14. The maximum absolute atomic E-state index is 13.6. The van der Waals surface area contributed by atoms with Gasteiger partial charge in [0.1, 0.15) is 5.82 Å². The zero-order valence-corrected chi connectivity index (χ0v) is 14.1. The fourth-order valence-electron chi connectivity index (χ4n) is 2.48. The van der Waals surface area contributed by atoms with Crippen LogP contribution in [-0.2, 0) is 10.0 Å². The van der Waals surface area contributed by atoms with Crippen LogP contribution in [0.5, 0.6) is 0 Å². The molecule has 2 atom stereocenters. The van der Waals surface area contributed by atoms with Crippen LogP contribution in [-0.4, -0.2) is 27.5 Å². The van der Waals surface area contributed by atoms with Gasteiger partial charge in [-0.25, -0.2) is 17.5 Å². The normalized spacial score (nSPS) is 22.7. The van der Waals surface area contributed by atoms with E-state index >= 15 is 0 Å². The molecule has 1 saturated heterocycles. The van der Waals surface area contributed by atoms with Gasteiger partial charge in [-0.2, -0.15) is 0 Å². The van der Waals surface area contributed by atoms with Gasteiger partial charge < -0.3 is 5.32 Å². The smallest absolute Gasteiger partial charge is 0.240 e. The van der Waals surface area contributed by atoms with Gasteiger partial charge in [0.05, 0.1) is 4.90 Å². The van der Waals surface area contributed by atoms with Crippen LogP contribution in [0.1, 0.15) is 24.5 Å². The van der Waals surface area contributed by atoms with Gasteiger partial charge in [0.25, 0.3) is 0 Å². The van der Waals surface area contributed by atoms with Gasteiger partial charge in [-0.1, -0.05) is 6.92 Å². The van der Waals surface area contributed by atoms with Crippen LogP contribution in [0.3, 0.4) is 0 Å². The molecule has 120 valence electrons. The summed E-state index contributed by atoms with van der Waals surface area (Å²) in [6.45, 7) is 6.72. The van der Waals surface area contributed by atoms with Crippen molar-refractivity contribution in [3.05, 3.63) is 29.1 Å². The van der Waals surface area contributed by atoms with Crippen molar-refractivity contribution in [3.8, 4) is 0 Å². The molecular formula is C14H22ClFN2O2S. The average Bonchev–Trinajstić information content (AvgIpc) is 2.38. The number of piperidine rings is 1. The molecule has 1 fully saturated rings. The monoisotopic (exact) mass is 336 g/mol. The summed E-state index contributed by atoms with van der Waals surface area (Å²) >= 11 is 0. The van der Waals surface area contributed by atoms with Crippen molar-refractivity contribution in [3.63, 3.8) is 0 Å². The zero-order chi connectivity index (χ0) is 14.9. The van der Waals surface area contributed by atoms with Crippen molar-refractivity contribution in [2.45, 2.75) is 38.1 Å². The maximum Gasteiger partial charge on any atom is 0.240 e. The van der Waals surface area contributed by atoms with Gasteiger partial charge in [0.2, 0.25) is 10.0 Å². The Morgan fingerprint density at radius 3 is 2.38 bits per heavy atom. The molecule has 0 bridgehead atoms. The van der Waals surface area contributed by atoms with E-state index in [-0.39, 0.29) is 35.1 Å². The molecule has 1 aromatic carbocycles. The predicted molar refractivity (Wildman–Crippen MR) is 83.9 cm³/mol. The highest BCUT2D eigenvalue weighted by atomic mass is 35.5. The second-order valence-electron chi connectivity index (χ2n) is 5.57. The van der Waals surface area contributed by atoms with Crippen LogP contribution >= 0.6 is 12.4 Å². The molecule has 2 rings (SSSR count). The van der Waals surface area contributed by atoms with Gasteiger partial charge >= 0.3 is 0 Å². The highest BCUT2D eigenvalue weighted by Crippen LogP contribution is 2.20. The number of rotatable bonds is 3. The first-order valence-electron chi connectivity index (χ1n) is 6.81. The van der Waals surface area contributed by atoms with Crippen LogP contribution in [0.25, 0.3) is 0 Å². The Morgan fingerprint density at radius 1 is 1.29 bits per heavy atom. The molecule has 1 aliphatic heterocycles. The van der Waals surface area contributed by atoms with E-state index in [1.165, 1.54) is 12.1 Å². The largest absolute Gasteiger partial charge is 0.315 e. The van der Waals surface area contributed by atoms with Crippen molar-refractivity contribution in [1.82, 2.24) is 10.0 Å². The van der Waals surface area contributed by atoms with Gasteiger partial charge in [0.15, 0.2) is 0 Å². The molecule has 1 aliphatic rings. The summed E-state index contributed by atoms with van der Waals surface area (Å²) in [5.41, 5.74) is 0.695. The van der Waals surface area contributed by atoms with E-state index in [9.17, 15) is 12.8 Å². The van der Waals surface area contributed by atoms with Gasteiger partial charge in [0, 0.05) is 12.6 Å². The highest BCUT2D eigenvalue weighted by molar-refractivity contribution is 7.89. The third-order valence-corrected chi connectivity index (χ3v) is 5.32.